The van der Waals surface area contributed by atoms with E-state index < -0.39 is 28.9 Å². The van der Waals surface area contributed by atoms with Crippen LogP contribution in [0.4, 0.5) is 13.2 Å². The van der Waals surface area contributed by atoms with Crippen molar-refractivity contribution in [3.05, 3.63) is 85.9 Å². The van der Waals surface area contributed by atoms with Crippen LogP contribution >= 0.6 is 22.9 Å². The molecule has 0 fully saturated rings. The number of hydrogen-bond donors (Lipinski definition) is 0. The lowest BCUT2D eigenvalue weighted by molar-refractivity contribution is -0.152. The van der Waals surface area contributed by atoms with Crippen molar-refractivity contribution in [3.8, 4) is 16.9 Å². The molecule has 9 heteroatoms. The quantitative estimate of drug-likeness (QED) is 0.261. The molecule has 2 heterocycles. The molecule has 4 rings (SSSR count). The van der Waals surface area contributed by atoms with Crippen molar-refractivity contribution in [2.75, 3.05) is 0 Å². The van der Waals surface area contributed by atoms with Crippen molar-refractivity contribution in [2.24, 2.45) is 0 Å². The molecule has 0 saturated heterocycles. The van der Waals surface area contributed by atoms with Crippen LogP contribution in [0, 0.1) is 0 Å². The molecule has 0 unspecified atom stereocenters. The van der Waals surface area contributed by atoms with Crippen LogP contribution in [0.25, 0.3) is 22.1 Å². The topological polar surface area (TPSA) is 56.5 Å². The standard InChI is InChI=1S/C22H12ClF3O4S/c23-13-5-3-12(4-6-13)19-20(28)16-8-7-14(10-17(16)30-21(19)22(24,25)26)29-18(27)11-15-2-1-9-31-15/h1-10H,11H2. The fraction of sp³-hybridized carbons (Fsp3) is 0.0909. The minimum Gasteiger partial charge on any atom is -0.450 e. The van der Waals surface area contributed by atoms with Gasteiger partial charge in [0.25, 0.3) is 0 Å². The maximum absolute atomic E-state index is 13.7. The Morgan fingerprint density at radius 3 is 2.48 bits per heavy atom. The van der Waals surface area contributed by atoms with Gasteiger partial charge in [-0.2, -0.15) is 13.2 Å². The fourth-order valence-electron chi connectivity index (χ4n) is 3.04. The minimum absolute atomic E-state index is 0.0168. The van der Waals surface area contributed by atoms with E-state index in [-0.39, 0.29) is 28.7 Å². The molecule has 0 spiro atoms. The summed E-state index contributed by atoms with van der Waals surface area (Å²) < 4.78 is 51.4. The number of ether oxygens (including phenoxy) is 1. The average molecular weight is 465 g/mol. The fourth-order valence-corrected chi connectivity index (χ4v) is 3.85. The lowest BCUT2D eigenvalue weighted by Gasteiger charge is -2.13. The number of thiophene rings is 1. The van der Waals surface area contributed by atoms with Gasteiger partial charge in [0.05, 0.1) is 17.4 Å². The number of carbonyl (C=O) groups excluding carboxylic acids is 1. The van der Waals surface area contributed by atoms with Crippen LogP contribution in [-0.4, -0.2) is 5.97 Å². The first kappa shape index (κ1) is 21.1. The van der Waals surface area contributed by atoms with Gasteiger partial charge in [-0.3, -0.25) is 9.59 Å². The summed E-state index contributed by atoms with van der Waals surface area (Å²) >= 11 is 7.18. The zero-order chi connectivity index (χ0) is 22.2. The normalized spacial score (nSPS) is 11.6. The van der Waals surface area contributed by atoms with Gasteiger partial charge in [0.1, 0.15) is 11.3 Å². The molecule has 0 amide bonds. The monoisotopic (exact) mass is 464 g/mol. The van der Waals surface area contributed by atoms with E-state index in [1.807, 2.05) is 5.38 Å². The van der Waals surface area contributed by atoms with Crippen LogP contribution in [-0.2, 0) is 17.4 Å². The maximum Gasteiger partial charge on any atom is 0.450 e. The summed E-state index contributed by atoms with van der Waals surface area (Å²) in [5.41, 5.74) is -1.78. The molecule has 31 heavy (non-hydrogen) atoms. The Balaban J connectivity index is 1.78. The second kappa shape index (κ2) is 8.20. The molecule has 0 aliphatic carbocycles. The second-order valence-electron chi connectivity index (χ2n) is 6.53. The van der Waals surface area contributed by atoms with Crippen LogP contribution < -0.4 is 10.2 Å². The van der Waals surface area contributed by atoms with E-state index in [0.29, 0.717) is 5.02 Å². The van der Waals surface area contributed by atoms with Crippen LogP contribution in [0.5, 0.6) is 5.75 Å². The molecule has 0 aliphatic heterocycles. The SMILES string of the molecule is O=C(Cc1cccs1)Oc1ccc2c(=O)c(-c3ccc(Cl)cc3)c(C(F)(F)F)oc2c1. The zero-order valence-corrected chi connectivity index (χ0v) is 17.1. The molecule has 2 aromatic carbocycles. The Morgan fingerprint density at radius 2 is 1.84 bits per heavy atom. The third-order valence-electron chi connectivity index (χ3n) is 4.38. The van der Waals surface area contributed by atoms with Gasteiger partial charge >= 0.3 is 12.1 Å². The predicted octanol–water partition coefficient (Wildman–Crippen LogP) is 6.34. The highest BCUT2D eigenvalue weighted by atomic mass is 35.5. The third-order valence-corrected chi connectivity index (χ3v) is 5.51. The second-order valence-corrected chi connectivity index (χ2v) is 8.00. The van der Waals surface area contributed by atoms with Gasteiger partial charge < -0.3 is 9.15 Å². The summed E-state index contributed by atoms with van der Waals surface area (Å²) in [6, 6.07) is 12.7. The van der Waals surface area contributed by atoms with Gasteiger partial charge in [0.2, 0.25) is 11.2 Å². The minimum atomic E-state index is -4.92. The van der Waals surface area contributed by atoms with Gasteiger partial charge in [-0.1, -0.05) is 29.8 Å². The summed E-state index contributed by atoms with van der Waals surface area (Å²) in [5.74, 6) is -2.04. The van der Waals surface area contributed by atoms with E-state index in [1.54, 1.807) is 12.1 Å². The van der Waals surface area contributed by atoms with E-state index >= 15 is 0 Å². The number of esters is 1. The van der Waals surface area contributed by atoms with Crippen molar-refractivity contribution in [3.63, 3.8) is 0 Å². The molecule has 4 nitrogen and oxygen atoms in total. The van der Waals surface area contributed by atoms with Crippen molar-refractivity contribution >= 4 is 39.9 Å². The highest BCUT2D eigenvalue weighted by molar-refractivity contribution is 7.10. The van der Waals surface area contributed by atoms with E-state index in [4.69, 9.17) is 20.8 Å². The van der Waals surface area contributed by atoms with Crippen LogP contribution in [0.3, 0.4) is 0 Å². The number of hydrogen-bond acceptors (Lipinski definition) is 5. The van der Waals surface area contributed by atoms with Crippen molar-refractivity contribution < 1.29 is 27.1 Å². The molecular weight excluding hydrogens is 453 g/mol. The predicted molar refractivity (Wildman–Crippen MR) is 112 cm³/mol. The Bertz CT molecular complexity index is 1310. The number of benzene rings is 2. The van der Waals surface area contributed by atoms with Gasteiger partial charge in [-0.15, -0.1) is 11.3 Å². The van der Waals surface area contributed by atoms with Crippen LogP contribution in [0.1, 0.15) is 10.6 Å². The van der Waals surface area contributed by atoms with Gasteiger partial charge in [0, 0.05) is 16.0 Å². The number of halogens is 4. The number of carbonyl (C=O) groups is 1. The zero-order valence-electron chi connectivity index (χ0n) is 15.5. The Morgan fingerprint density at radius 1 is 1.10 bits per heavy atom. The smallest absolute Gasteiger partial charge is 0.450 e. The van der Waals surface area contributed by atoms with Crippen LogP contribution in [0.2, 0.25) is 5.02 Å². The van der Waals surface area contributed by atoms with Crippen molar-refractivity contribution in [1.29, 1.82) is 0 Å². The molecule has 0 N–H and O–H groups in total. The molecule has 0 aliphatic rings. The van der Waals surface area contributed by atoms with Crippen molar-refractivity contribution in [2.45, 2.75) is 12.6 Å². The first-order valence-corrected chi connectivity index (χ1v) is 10.1. The van der Waals surface area contributed by atoms with Gasteiger partial charge in [-0.05, 0) is 41.3 Å². The van der Waals surface area contributed by atoms with Crippen molar-refractivity contribution in [1.82, 2.24) is 0 Å². The summed E-state index contributed by atoms with van der Waals surface area (Å²) in [6.07, 6.45) is -4.91. The molecule has 0 atom stereocenters. The summed E-state index contributed by atoms with van der Waals surface area (Å²) in [7, 11) is 0. The number of rotatable bonds is 4. The van der Waals surface area contributed by atoms with Gasteiger partial charge in [0.15, 0.2) is 0 Å². The van der Waals surface area contributed by atoms with Gasteiger partial charge in [-0.25, -0.2) is 0 Å². The largest absolute Gasteiger partial charge is 0.450 e. The summed E-state index contributed by atoms with van der Waals surface area (Å²) in [6.45, 7) is 0. The maximum atomic E-state index is 13.7. The lowest BCUT2D eigenvalue weighted by Crippen LogP contribution is -2.16. The Labute approximate surface area is 182 Å². The average Bonchev–Trinajstić information content (AvgIpc) is 3.21. The molecule has 0 radical (unpaired) electrons. The molecule has 0 saturated carbocycles. The molecule has 4 aromatic rings. The Hall–Kier alpha value is -3.10. The van der Waals surface area contributed by atoms with E-state index in [2.05, 4.69) is 0 Å². The molecule has 2 aromatic heterocycles. The first-order valence-electron chi connectivity index (χ1n) is 8.89. The molecule has 158 valence electrons. The number of alkyl halides is 3. The highest BCUT2D eigenvalue weighted by Crippen LogP contribution is 2.38. The van der Waals surface area contributed by atoms with Crippen LogP contribution in [0.15, 0.2) is 69.2 Å². The van der Waals surface area contributed by atoms with E-state index in [1.165, 1.54) is 47.7 Å². The van der Waals surface area contributed by atoms with E-state index in [9.17, 15) is 22.8 Å². The summed E-state index contributed by atoms with van der Waals surface area (Å²) in [4.78, 5) is 25.8. The Kier molecular flexibility index (Phi) is 5.60. The first-order chi connectivity index (χ1) is 14.7. The summed E-state index contributed by atoms with van der Waals surface area (Å²) in [5, 5.41) is 2.05. The third kappa shape index (κ3) is 4.50. The molecular formula is C22H12ClF3O4S. The van der Waals surface area contributed by atoms with E-state index in [0.717, 1.165) is 10.9 Å². The number of fused-ring (bicyclic) bond motifs is 1. The molecule has 0 bridgehead atoms. The lowest BCUT2D eigenvalue weighted by atomic mass is 10.0. The highest BCUT2D eigenvalue weighted by Gasteiger charge is 2.39.